The molecule has 2 aliphatic rings. The summed E-state index contributed by atoms with van der Waals surface area (Å²) in [5.74, 6) is -9.05. The zero-order chi connectivity index (χ0) is 56.3. The molecule has 16 nitrogen and oxygen atoms in total. The zero-order valence-electron chi connectivity index (χ0n) is 42.2. The number of pyridine rings is 1. The molecule has 77 heavy (non-hydrogen) atoms. The molecule has 0 aliphatic carbocycles. The molecule has 2 fully saturated rings. The number of thiazole rings is 1. The van der Waals surface area contributed by atoms with Crippen LogP contribution in [0.4, 0.5) is 42.1 Å². The summed E-state index contributed by atoms with van der Waals surface area (Å²) >= 11 is 6.91. The van der Waals surface area contributed by atoms with Crippen LogP contribution in [-0.2, 0) is 41.4 Å². The molecule has 4 heterocycles. The Morgan fingerprint density at radius 2 is 1.61 bits per heavy atom. The number of β-amino-alcohol motifs (C(OH)–C–C–N with tert-alkyl or cyclic N) is 1. The Morgan fingerprint density at radius 1 is 0.948 bits per heavy atom. The third kappa shape index (κ3) is 12.5. The van der Waals surface area contributed by atoms with E-state index in [1.54, 1.807) is 26.3 Å². The second-order valence-corrected chi connectivity index (χ2v) is 20.7. The number of alkyl halides is 3. The molecule has 0 radical (unpaired) electrons. The lowest BCUT2D eigenvalue weighted by atomic mass is 9.85. The first-order chi connectivity index (χ1) is 36.2. The van der Waals surface area contributed by atoms with Crippen molar-refractivity contribution in [2.75, 3.05) is 49.4 Å². The number of aromatic nitrogens is 2. The van der Waals surface area contributed by atoms with Crippen molar-refractivity contribution in [2.45, 2.75) is 84.4 Å². The minimum atomic E-state index is -5.31. The summed E-state index contributed by atoms with van der Waals surface area (Å²) in [6, 6.07) is 10.6. The first kappa shape index (κ1) is 57.6. The molecule has 25 heteroatoms. The summed E-state index contributed by atoms with van der Waals surface area (Å²) in [7, 11) is 0. The van der Waals surface area contributed by atoms with Crippen molar-refractivity contribution in [3.05, 3.63) is 112 Å². The molecule has 3 atom stereocenters. The van der Waals surface area contributed by atoms with Gasteiger partial charge in [0.05, 0.1) is 71.2 Å². The van der Waals surface area contributed by atoms with Crippen LogP contribution in [0.25, 0.3) is 21.7 Å². The van der Waals surface area contributed by atoms with Crippen LogP contribution in [0.15, 0.2) is 66.3 Å². The number of aliphatic hydroxyl groups is 1. The molecular formula is C52H51F7N8O8S2. The number of carbonyl (C=O) groups is 4. The van der Waals surface area contributed by atoms with E-state index in [0.717, 1.165) is 57.1 Å². The Labute approximate surface area is 446 Å². The Bertz CT molecular complexity index is 3110. The van der Waals surface area contributed by atoms with Crippen molar-refractivity contribution in [3.63, 3.8) is 0 Å². The average Bonchev–Trinajstić information content (AvgIpc) is 4.08. The van der Waals surface area contributed by atoms with Gasteiger partial charge in [-0.3, -0.25) is 29.1 Å². The number of aryl methyl sites for hydroxylation is 1. The summed E-state index contributed by atoms with van der Waals surface area (Å²) in [5.41, 5.74) is -3.03. The molecule has 2 aromatic heterocycles. The van der Waals surface area contributed by atoms with E-state index in [4.69, 9.17) is 31.7 Å². The maximum Gasteiger partial charge on any atom is 0.420 e. The molecule has 0 spiro atoms. The molecule has 3 N–H and O–H groups in total. The van der Waals surface area contributed by atoms with Gasteiger partial charge in [0.2, 0.25) is 17.7 Å². The number of aliphatic hydroxyl groups excluding tert-OH is 1. The fourth-order valence-corrected chi connectivity index (χ4v) is 10.0. The largest absolute Gasteiger partial charge is 0.485 e. The lowest BCUT2D eigenvalue weighted by Gasteiger charge is -2.35. The minimum Gasteiger partial charge on any atom is -0.485 e. The molecule has 0 unspecified atom stereocenters. The van der Waals surface area contributed by atoms with E-state index in [0.29, 0.717) is 11.0 Å². The Balaban J connectivity index is 0.870. The first-order valence-electron chi connectivity index (χ1n) is 23.7. The summed E-state index contributed by atoms with van der Waals surface area (Å²) < 4.78 is 119. The highest BCUT2D eigenvalue weighted by molar-refractivity contribution is 7.81. The van der Waals surface area contributed by atoms with Crippen LogP contribution < -0.4 is 25.2 Å². The Kier molecular flexibility index (Phi) is 17.4. The standard InChI is InChI=1S/C52H51F7N8O8S2/c1-27-44(77-26-63-27)29-9-7-28(8-10-29)22-62-46(70)38-20-33(68)24-65(38)47(71)45(50(2,3)4)64-39(69)25-74-14-13-73-15-16-75-43-35(54)17-31(18-36(43)55)42-34(53)19-32(23-61-42)67-49(76)66(48(72)51(67,5)6)37-12-11-30(21-60)40(41(37)56)52(57,58)59/h7-12,17-19,23,26,33,38,45,68H,13-16,20,22,24-25H2,1-6H3,(H,62,70)(H,64,69)/t33-,38+,45-/m1/s1. The number of amides is 4. The van der Waals surface area contributed by atoms with Gasteiger partial charge in [0.1, 0.15) is 42.1 Å². The van der Waals surface area contributed by atoms with E-state index in [2.05, 4.69) is 20.6 Å². The number of ether oxygens (including phenoxy) is 3. The summed E-state index contributed by atoms with van der Waals surface area (Å²) in [4.78, 5) is 66.1. The third-order valence-corrected chi connectivity index (χ3v) is 13.9. The highest BCUT2D eigenvalue weighted by Crippen LogP contribution is 2.43. The predicted molar refractivity (Wildman–Crippen MR) is 271 cm³/mol. The maximum atomic E-state index is 15.7. The molecule has 0 saturated carbocycles. The fourth-order valence-electron chi connectivity index (χ4n) is 8.72. The molecule has 5 aromatic rings. The molecule has 0 bridgehead atoms. The van der Waals surface area contributed by atoms with Crippen LogP contribution in [0.1, 0.15) is 63.4 Å². The highest BCUT2D eigenvalue weighted by Gasteiger charge is 2.52. The lowest BCUT2D eigenvalue weighted by Crippen LogP contribution is -2.58. The van der Waals surface area contributed by atoms with Crippen LogP contribution in [-0.4, -0.2) is 112 Å². The number of carbonyl (C=O) groups excluding carboxylic acids is 4. The topological polar surface area (TPSA) is 200 Å². The summed E-state index contributed by atoms with van der Waals surface area (Å²) in [5, 5.41) is 24.7. The number of thiocarbonyl (C=S) groups is 1. The van der Waals surface area contributed by atoms with E-state index < -0.39 is 122 Å². The lowest BCUT2D eigenvalue weighted by molar-refractivity contribution is -0.144. The van der Waals surface area contributed by atoms with Gasteiger partial charge in [0.25, 0.3) is 5.91 Å². The predicted octanol–water partition coefficient (Wildman–Crippen LogP) is 7.77. The minimum absolute atomic E-state index is 0.0105. The van der Waals surface area contributed by atoms with E-state index in [9.17, 15) is 37.5 Å². The number of halogens is 7. The van der Waals surface area contributed by atoms with Crippen molar-refractivity contribution in [2.24, 2.45) is 5.41 Å². The Hall–Kier alpha value is -7.11. The number of nitrogens with zero attached hydrogens (tertiary/aromatic N) is 6. The van der Waals surface area contributed by atoms with Gasteiger partial charge in [-0.25, -0.2) is 22.5 Å². The van der Waals surface area contributed by atoms with Crippen molar-refractivity contribution in [1.82, 2.24) is 25.5 Å². The van der Waals surface area contributed by atoms with Crippen LogP contribution >= 0.6 is 23.6 Å². The Morgan fingerprint density at radius 3 is 2.22 bits per heavy atom. The van der Waals surface area contributed by atoms with Crippen molar-refractivity contribution in [1.29, 1.82) is 5.26 Å². The van der Waals surface area contributed by atoms with Gasteiger partial charge in [-0.1, -0.05) is 45.0 Å². The maximum absolute atomic E-state index is 15.7. The summed E-state index contributed by atoms with van der Waals surface area (Å²) in [6.45, 7) is 8.55. The van der Waals surface area contributed by atoms with Gasteiger partial charge in [-0.2, -0.15) is 18.4 Å². The molecular weight excluding hydrogens is 1060 g/mol. The molecule has 7 rings (SSSR count). The first-order valence-corrected chi connectivity index (χ1v) is 25.0. The van der Waals surface area contributed by atoms with E-state index in [1.807, 2.05) is 31.2 Å². The number of hydrogen-bond acceptors (Lipinski definition) is 13. The van der Waals surface area contributed by atoms with E-state index in [1.165, 1.54) is 36.2 Å². The third-order valence-electron chi connectivity index (χ3n) is 12.6. The zero-order valence-corrected chi connectivity index (χ0v) is 43.8. The molecule has 4 amide bonds. The number of hydrogen-bond donors (Lipinski definition) is 3. The normalized spacial score (nSPS) is 16.9. The average molecular weight is 1110 g/mol. The highest BCUT2D eigenvalue weighted by atomic mass is 32.1. The van der Waals surface area contributed by atoms with Crippen LogP contribution in [0, 0.1) is 46.9 Å². The van der Waals surface area contributed by atoms with Gasteiger partial charge in [-0.15, -0.1) is 11.3 Å². The van der Waals surface area contributed by atoms with Crippen LogP contribution in [0.5, 0.6) is 5.75 Å². The molecule has 3 aromatic carbocycles. The fraction of sp³-hybridized carbons (Fsp3) is 0.385. The second-order valence-electron chi connectivity index (χ2n) is 19.5. The van der Waals surface area contributed by atoms with Gasteiger partial charge < -0.3 is 39.8 Å². The second kappa shape index (κ2) is 23.2. The quantitative estimate of drug-likeness (QED) is 0.0437. The van der Waals surface area contributed by atoms with Crippen LogP contribution in [0.2, 0.25) is 0 Å². The van der Waals surface area contributed by atoms with Gasteiger partial charge >= 0.3 is 6.18 Å². The summed E-state index contributed by atoms with van der Waals surface area (Å²) in [6.07, 6.45) is -5.27. The van der Waals surface area contributed by atoms with Crippen LogP contribution in [0.3, 0.4) is 0 Å². The van der Waals surface area contributed by atoms with Gasteiger partial charge in [0, 0.05) is 31.1 Å². The number of rotatable bonds is 18. The number of benzene rings is 3. The van der Waals surface area contributed by atoms with Gasteiger partial charge in [0.15, 0.2) is 34.1 Å². The van der Waals surface area contributed by atoms with Crippen molar-refractivity contribution in [3.8, 4) is 33.5 Å². The van der Waals surface area contributed by atoms with E-state index in [-0.39, 0.29) is 57.2 Å². The van der Waals surface area contributed by atoms with Gasteiger partial charge in [-0.05, 0) is 73.8 Å². The monoisotopic (exact) mass is 1110 g/mol. The molecule has 2 saturated heterocycles. The number of nitriles is 1. The van der Waals surface area contributed by atoms with Crippen molar-refractivity contribution >= 4 is 63.7 Å². The smallest absolute Gasteiger partial charge is 0.420 e. The number of nitrogens with one attached hydrogen (secondary N) is 2. The van der Waals surface area contributed by atoms with E-state index >= 15 is 17.6 Å². The SMILES string of the molecule is Cc1ncsc1-c1ccc(CNC(=O)[C@@H]2C[C@@H](O)CN2C(=O)[C@@H](NC(=O)COCCOCCOc2c(F)cc(-c3ncc(N4C(=S)N(c5ccc(C#N)c(C(F)(F)F)c5F)C(=O)C4(C)C)cc3F)cc2F)C(C)(C)C)cc1. The number of likely N-dealkylation sites (tertiary alicyclic amines) is 1. The van der Waals surface area contributed by atoms with Crippen molar-refractivity contribution < 1.29 is 69.2 Å². The molecule has 2 aliphatic heterocycles. The number of anilines is 2. The molecule has 408 valence electrons.